The molecule has 0 unspecified atom stereocenters. The summed E-state index contributed by atoms with van der Waals surface area (Å²) in [4.78, 5) is 4.60. The van der Waals surface area contributed by atoms with Gasteiger partial charge >= 0.3 is 0 Å². The van der Waals surface area contributed by atoms with Crippen LogP contribution in [0.5, 0.6) is 0 Å². The van der Waals surface area contributed by atoms with Gasteiger partial charge in [0.2, 0.25) is 0 Å². The SMILES string of the molecule is CN(C)C1CCN(c2nnccc2CN)CC1. The van der Waals surface area contributed by atoms with E-state index in [0.717, 1.165) is 24.5 Å². The van der Waals surface area contributed by atoms with E-state index in [-0.39, 0.29) is 0 Å². The van der Waals surface area contributed by atoms with E-state index in [0.29, 0.717) is 12.6 Å². The van der Waals surface area contributed by atoms with E-state index in [1.165, 1.54) is 12.8 Å². The van der Waals surface area contributed by atoms with Gasteiger partial charge in [0.15, 0.2) is 5.82 Å². The van der Waals surface area contributed by atoms with Crippen molar-refractivity contribution >= 4 is 5.82 Å². The van der Waals surface area contributed by atoms with Gasteiger partial charge in [-0.2, -0.15) is 5.10 Å². The fraction of sp³-hybridized carbons (Fsp3) is 0.667. The van der Waals surface area contributed by atoms with Crippen molar-refractivity contribution in [3.8, 4) is 0 Å². The van der Waals surface area contributed by atoms with E-state index < -0.39 is 0 Å². The molecule has 5 nitrogen and oxygen atoms in total. The van der Waals surface area contributed by atoms with Gasteiger partial charge in [-0.25, -0.2) is 0 Å². The molecule has 1 saturated heterocycles. The summed E-state index contributed by atoms with van der Waals surface area (Å²) >= 11 is 0. The predicted molar refractivity (Wildman–Crippen MR) is 68.8 cm³/mol. The van der Waals surface area contributed by atoms with Gasteiger partial charge < -0.3 is 15.5 Å². The maximum atomic E-state index is 5.73. The fourth-order valence-corrected chi connectivity index (χ4v) is 2.37. The average Bonchev–Trinajstić information content (AvgIpc) is 2.39. The summed E-state index contributed by atoms with van der Waals surface area (Å²) in [5.74, 6) is 0.965. The van der Waals surface area contributed by atoms with Crippen molar-refractivity contribution in [1.29, 1.82) is 0 Å². The molecule has 1 fully saturated rings. The van der Waals surface area contributed by atoms with Gasteiger partial charge in [-0.3, -0.25) is 0 Å². The van der Waals surface area contributed by atoms with Gasteiger partial charge in [-0.15, -0.1) is 5.10 Å². The molecule has 17 heavy (non-hydrogen) atoms. The lowest BCUT2D eigenvalue weighted by atomic mass is 10.0. The summed E-state index contributed by atoms with van der Waals surface area (Å²) in [5.41, 5.74) is 6.82. The normalized spacial score (nSPS) is 17.8. The molecule has 94 valence electrons. The molecule has 0 aliphatic carbocycles. The van der Waals surface area contributed by atoms with E-state index in [1.54, 1.807) is 6.20 Å². The summed E-state index contributed by atoms with van der Waals surface area (Å²) in [6, 6.07) is 2.64. The highest BCUT2D eigenvalue weighted by Crippen LogP contribution is 2.22. The van der Waals surface area contributed by atoms with Gasteiger partial charge in [-0.05, 0) is 33.0 Å². The zero-order chi connectivity index (χ0) is 12.3. The molecule has 0 aromatic carbocycles. The second-order valence-electron chi connectivity index (χ2n) is 4.77. The first-order valence-electron chi connectivity index (χ1n) is 6.14. The molecule has 0 bridgehead atoms. The largest absolute Gasteiger partial charge is 0.355 e. The molecular formula is C12H21N5. The second-order valence-corrected chi connectivity index (χ2v) is 4.77. The fourth-order valence-electron chi connectivity index (χ4n) is 2.37. The number of piperidine rings is 1. The lowest BCUT2D eigenvalue weighted by molar-refractivity contribution is 0.249. The highest BCUT2D eigenvalue weighted by molar-refractivity contribution is 5.45. The molecule has 2 rings (SSSR count). The zero-order valence-electron chi connectivity index (χ0n) is 10.6. The van der Waals surface area contributed by atoms with Crippen LogP contribution in [0.15, 0.2) is 12.3 Å². The minimum Gasteiger partial charge on any atom is -0.355 e. The van der Waals surface area contributed by atoms with Crippen molar-refractivity contribution in [1.82, 2.24) is 15.1 Å². The van der Waals surface area contributed by atoms with Crippen LogP contribution in [-0.4, -0.2) is 48.3 Å². The third-order valence-corrected chi connectivity index (χ3v) is 3.50. The minimum atomic E-state index is 0.526. The molecule has 2 heterocycles. The molecule has 0 spiro atoms. The molecule has 0 saturated carbocycles. The lowest BCUT2D eigenvalue weighted by Gasteiger charge is -2.36. The Balaban J connectivity index is 2.05. The molecule has 0 amide bonds. The maximum Gasteiger partial charge on any atom is 0.155 e. The summed E-state index contributed by atoms with van der Waals surface area (Å²) in [6.07, 6.45) is 4.05. The van der Waals surface area contributed by atoms with Crippen molar-refractivity contribution in [2.75, 3.05) is 32.1 Å². The molecule has 1 aromatic rings. The summed E-state index contributed by atoms with van der Waals surface area (Å²) in [7, 11) is 4.29. The van der Waals surface area contributed by atoms with Crippen molar-refractivity contribution in [3.05, 3.63) is 17.8 Å². The van der Waals surface area contributed by atoms with Crippen LogP contribution in [0.25, 0.3) is 0 Å². The first kappa shape index (κ1) is 12.3. The highest BCUT2D eigenvalue weighted by atomic mass is 15.3. The molecule has 2 N–H and O–H groups in total. The van der Waals surface area contributed by atoms with Gasteiger partial charge in [0, 0.05) is 31.2 Å². The first-order chi connectivity index (χ1) is 8.22. The third-order valence-electron chi connectivity index (χ3n) is 3.50. The summed E-state index contributed by atoms with van der Waals surface area (Å²) in [5, 5.41) is 8.19. The number of hydrogen-bond donors (Lipinski definition) is 1. The van der Waals surface area contributed by atoms with Crippen LogP contribution < -0.4 is 10.6 Å². The second kappa shape index (κ2) is 5.42. The molecule has 0 radical (unpaired) electrons. The zero-order valence-corrected chi connectivity index (χ0v) is 10.6. The third kappa shape index (κ3) is 2.73. The number of anilines is 1. The van der Waals surface area contributed by atoms with E-state index in [2.05, 4.69) is 34.1 Å². The van der Waals surface area contributed by atoms with Crippen molar-refractivity contribution in [3.63, 3.8) is 0 Å². The van der Waals surface area contributed by atoms with Gasteiger partial charge in [-0.1, -0.05) is 0 Å². The number of rotatable bonds is 3. The smallest absolute Gasteiger partial charge is 0.155 e. The van der Waals surface area contributed by atoms with E-state index >= 15 is 0 Å². The van der Waals surface area contributed by atoms with Crippen LogP contribution in [0.2, 0.25) is 0 Å². The minimum absolute atomic E-state index is 0.526. The Bertz CT molecular complexity index is 358. The monoisotopic (exact) mass is 235 g/mol. The van der Waals surface area contributed by atoms with Crippen LogP contribution >= 0.6 is 0 Å². The van der Waals surface area contributed by atoms with E-state index in [9.17, 15) is 0 Å². The molecule has 1 aliphatic rings. The van der Waals surface area contributed by atoms with E-state index in [4.69, 9.17) is 5.73 Å². The van der Waals surface area contributed by atoms with E-state index in [1.807, 2.05) is 6.07 Å². The highest BCUT2D eigenvalue weighted by Gasteiger charge is 2.22. The molecule has 0 atom stereocenters. The number of nitrogens with zero attached hydrogens (tertiary/aromatic N) is 4. The Morgan fingerprint density at radius 3 is 2.71 bits per heavy atom. The molecular weight excluding hydrogens is 214 g/mol. The number of nitrogens with two attached hydrogens (primary N) is 1. The maximum absolute atomic E-state index is 5.73. The number of aromatic nitrogens is 2. The van der Waals surface area contributed by atoms with Crippen molar-refractivity contribution < 1.29 is 0 Å². The van der Waals surface area contributed by atoms with Gasteiger partial charge in [0.1, 0.15) is 0 Å². The van der Waals surface area contributed by atoms with Crippen molar-refractivity contribution in [2.45, 2.75) is 25.4 Å². The van der Waals surface area contributed by atoms with Crippen LogP contribution in [0.3, 0.4) is 0 Å². The van der Waals surface area contributed by atoms with Crippen LogP contribution in [-0.2, 0) is 6.54 Å². The average molecular weight is 235 g/mol. The van der Waals surface area contributed by atoms with Crippen LogP contribution in [0.1, 0.15) is 18.4 Å². The Morgan fingerprint density at radius 2 is 2.12 bits per heavy atom. The van der Waals surface area contributed by atoms with Gasteiger partial charge in [0.05, 0.1) is 6.20 Å². The van der Waals surface area contributed by atoms with Gasteiger partial charge in [0.25, 0.3) is 0 Å². The topological polar surface area (TPSA) is 58.3 Å². The Kier molecular flexibility index (Phi) is 3.91. The first-order valence-corrected chi connectivity index (χ1v) is 6.14. The lowest BCUT2D eigenvalue weighted by Crippen LogP contribution is -2.42. The Morgan fingerprint density at radius 1 is 1.41 bits per heavy atom. The predicted octanol–water partition coefficient (Wildman–Crippen LogP) is 0.466. The number of hydrogen-bond acceptors (Lipinski definition) is 5. The van der Waals surface area contributed by atoms with Crippen molar-refractivity contribution in [2.24, 2.45) is 5.73 Å². The van der Waals surface area contributed by atoms with Crippen LogP contribution in [0, 0.1) is 0 Å². The standard InChI is InChI=1S/C12H21N5/c1-16(2)11-4-7-17(8-5-11)12-10(9-13)3-6-14-15-12/h3,6,11H,4-5,7-9,13H2,1-2H3. The molecule has 1 aliphatic heterocycles. The summed E-state index contributed by atoms with van der Waals surface area (Å²) < 4.78 is 0. The quantitative estimate of drug-likeness (QED) is 0.825. The Labute approximate surface area is 103 Å². The summed E-state index contributed by atoms with van der Waals surface area (Å²) in [6.45, 7) is 2.60. The van der Waals surface area contributed by atoms with Crippen LogP contribution in [0.4, 0.5) is 5.82 Å². The Hall–Kier alpha value is -1.20. The molecule has 1 aromatic heterocycles. The molecule has 5 heteroatoms.